The van der Waals surface area contributed by atoms with Gasteiger partial charge in [0, 0.05) is 25.3 Å². The van der Waals surface area contributed by atoms with Crippen LogP contribution in [0.4, 0.5) is 0 Å². The molecule has 1 aliphatic rings. The number of esters is 1. The van der Waals surface area contributed by atoms with E-state index in [1.54, 1.807) is 11.3 Å². The normalized spacial score (nSPS) is 19.8. The highest BCUT2D eigenvalue weighted by molar-refractivity contribution is 7.09. The van der Waals surface area contributed by atoms with Gasteiger partial charge in [0.05, 0.1) is 17.3 Å². The van der Waals surface area contributed by atoms with Gasteiger partial charge in [-0.05, 0) is 76.9 Å². The van der Waals surface area contributed by atoms with E-state index in [0.29, 0.717) is 12.3 Å². The molecule has 0 amide bonds. The smallest absolute Gasteiger partial charge is 0.303 e. The Hall–Kier alpha value is -1.50. The molecule has 2 heterocycles. The van der Waals surface area contributed by atoms with E-state index in [1.165, 1.54) is 18.9 Å². The molecular formula is C25H39NO4S. The zero-order chi connectivity index (χ0) is 22.6. The van der Waals surface area contributed by atoms with Gasteiger partial charge in [-0.3, -0.25) is 4.79 Å². The van der Waals surface area contributed by atoms with Crippen molar-refractivity contribution < 1.29 is 19.0 Å². The highest BCUT2D eigenvalue weighted by Gasteiger charge is 2.16. The van der Waals surface area contributed by atoms with Crippen molar-refractivity contribution in [2.75, 3.05) is 13.2 Å². The topological polar surface area (TPSA) is 57.7 Å². The SMILES string of the molecule is CC(=O)OC(C/C=C(/C)CCC[C@H](C)COC1CCCCO1)/C(C)=C/c1csc(C)n1. The summed E-state index contributed by atoms with van der Waals surface area (Å²) in [6.07, 6.45) is 11.3. The number of rotatable bonds is 12. The number of carbonyl (C=O) groups excluding carboxylic acids is 1. The van der Waals surface area contributed by atoms with Gasteiger partial charge in [0.1, 0.15) is 6.10 Å². The first-order valence-electron chi connectivity index (χ1n) is 11.5. The lowest BCUT2D eigenvalue weighted by molar-refractivity contribution is -0.168. The van der Waals surface area contributed by atoms with Crippen LogP contribution in [-0.2, 0) is 19.0 Å². The molecule has 174 valence electrons. The van der Waals surface area contributed by atoms with Gasteiger partial charge in [-0.1, -0.05) is 18.6 Å². The van der Waals surface area contributed by atoms with Crippen molar-refractivity contribution in [2.24, 2.45) is 5.92 Å². The molecule has 0 saturated carbocycles. The van der Waals surface area contributed by atoms with E-state index in [1.807, 2.05) is 25.3 Å². The Morgan fingerprint density at radius 2 is 2.16 bits per heavy atom. The quantitative estimate of drug-likeness (QED) is 0.270. The summed E-state index contributed by atoms with van der Waals surface area (Å²) in [5.74, 6) is 0.271. The minimum Gasteiger partial charge on any atom is -0.458 e. The first-order chi connectivity index (χ1) is 14.8. The zero-order valence-corrected chi connectivity index (χ0v) is 20.6. The van der Waals surface area contributed by atoms with Crippen LogP contribution in [0.25, 0.3) is 6.08 Å². The van der Waals surface area contributed by atoms with Crippen LogP contribution in [0.2, 0.25) is 0 Å². The van der Waals surface area contributed by atoms with E-state index in [-0.39, 0.29) is 18.4 Å². The van der Waals surface area contributed by atoms with Crippen LogP contribution < -0.4 is 0 Å². The van der Waals surface area contributed by atoms with Crippen LogP contribution in [0.3, 0.4) is 0 Å². The fourth-order valence-electron chi connectivity index (χ4n) is 3.64. The fourth-order valence-corrected chi connectivity index (χ4v) is 4.21. The molecule has 0 radical (unpaired) electrons. The molecule has 0 aliphatic carbocycles. The minimum atomic E-state index is -0.256. The highest BCUT2D eigenvalue weighted by atomic mass is 32.1. The van der Waals surface area contributed by atoms with Crippen molar-refractivity contribution in [2.45, 2.75) is 92.0 Å². The molecule has 6 heteroatoms. The molecule has 2 rings (SSSR count). The van der Waals surface area contributed by atoms with Gasteiger partial charge >= 0.3 is 5.97 Å². The summed E-state index contributed by atoms with van der Waals surface area (Å²) < 4.78 is 17.1. The first kappa shape index (κ1) is 25.8. The van der Waals surface area contributed by atoms with Gasteiger partial charge < -0.3 is 14.2 Å². The summed E-state index contributed by atoms with van der Waals surface area (Å²) in [5.41, 5.74) is 3.27. The summed E-state index contributed by atoms with van der Waals surface area (Å²) >= 11 is 1.62. The average Bonchev–Trinajstić information content (AvgIpc) is 3.14. The van der Waals surface area contributed by atoms with Gasteiger partial charge in [-0.2, -0.15) is 0 Å². The standard InChI is InChI=1S/C25H39NO4S/c1-18(9-8-10-19(2)16-29-25-11-6-7-14-28-25)12-13-24(30-22(5)27)20(3)15-23-17-31-21(4)26-23/h12,15,17,19,24-25H,6-11,13-14,16H2,1-5H3/b18-12-,20-15+/t19-,24?,25?/m0/s1. The van der Waals surface area contributed by atoms with E-state index in [9.17, 15) is 4.79 Å². The third kappa shape index (κ3) is 10.6. The van der Waals surface area contributed by atoms with Crippen LogP contribution in [0, 0.1) is 12.8 Å². The first-order valence-corrected chi connectivity index (χ1v) is 12.4. The number of carbonyl (C=O) groups is 1. The summed E-state index contributed by atoms with van der Waals surface area (Å²) in [5, 5.41) is 3.06. The molecule has 0 aromatic carbocycles. The molecule has 0 N–H and O–H groups in total. The Labute approximate surface area is 191 Å². The Morgan fingerprint density at radius 1 is 1.35 bits per heavy atom. The molecule has 1 aromatic heterocycles. The van der Waals surface area contributed by atoms with Crippen LogP contribution in [0.5, 0.6) is 0 Å². The molecule has 5 nitrogen and oxygen atoms in total. The molecule has 0 spiro atoms. The third-order valence-corrected chi connectivity index (χ3v) is 6.27. The number of ether oxygens (including phenoxy) is 3. The molecule has 3 atom stereocenters. The maximum absolute atomic E-state index is 11.6. The van der Waals surface area contributed by atoms with Crippen LogP contribution >= 0.6 is 11.3 Å². The molecule has 1 aromatic rings. The van der Waals surface area contributed by atoms with Crippen LogP contribution in [-0.4, -0.2) is 36.6 Å². The monoisotopic (exact) mass is 449 g/mol. The lowest BCUT2D eigenvalue weighted by Gasteiger charge is -2.24. The molecule has 1 aliphatic heterocycles. The minimum absolute atomic E-state index is 0.000492. The zero-order valence-electron chi connectivity index (χ0n) is 19.8. The van der Waals surface area contributed by atoms with Gasteiger partial charge in [-0.25, -0.2) is 4.98 Å². The van der Waals surface area contributed by atoms with E-state index in [4.69, 9.17) is 14.2 Å². The summed E-state index contributed by atoms with van der Waals surface area (Å²) in [6.45, 7) is 11.5. The maximum Gasteiger partial charge on any atom is 0.303 e. The summed E-state index contributed by atoms with van der Waals surface area (Å²) in [6, 6.07) is 0. The summed E-state index contributed by atoms with van der Waals surface area (Å²) in [7, 11) is 0. The Bertz CT molecular complexity index is 734. The van der Waals surface area contributed by atoms with Crippen molar-refractivity contribution in [3.05, 3.63) is 33.3 Å². The van der Waals surface area contributed by atoms with Crippen molar-refractivity contribution >= 4 is 23.4 Å². The van der Waals surface area contributed by atoms with Crippen molar-refractivity contribution in [1.29, 1.82) is 0 Å². The number of hydrogen-bond acceptors (Lipinski definition) is 6. The predicted octanol–water partition coefficient (Wildman–Crippen LogP) is 6.47. The number of hydrogen-bond donors (Lipinski definition) is 0. The van der Waals surface area contributed by atoms with Crippen molar-refractivity contribution in [3.63, 3.8) is 0 Å². The van der Waals surface area contributed by atoms with Gasteiger partial charge in [0.25, 0.3) is 0 Å². The molecule has 31 heavy (non-hydrogen) atoms. The second kappa shape index (κ2) is 13.8. The van der Waals surface area contributed by atoms with E-state index >= 15 is 0 Å². The van der Waals surface area contributed by atoms with Gasteiger partial charge in [0.15, 0.2) is 6.29 Å². The second-order valence-corrected chi connectivity index (χ2v) is 9.75. The number of aromatic nitrogens is 1. The lowest BCUT2D eigenvalue weighted by atomic mass is 10.00. The van der Waals surface area contributed by atoms with E-state index < -0.39 is 0 Å². The Balaban J connectivity index is 1.76. The highest BCUT2D eigenvalue weighted by Crippen LogP contribution is 2.21. The second-order valence-electron chi connectivity index (χ2n) is 8.69. The van der Waals surface area contributed by atoms with Crippen LogP contribution in [0.1, 0.15) is 83.3 Å². The Kier molecular flexibility index (Phi) is 11.5. The van der Waals surface area contributed by atoms with Crippen molar-refractivity contribution in [1.82, 2.24) is 4.98 Å². The fraction of sp³-hybridized carbons (Fsp3) is 0.680. The number of nitrogens with zero attached hydrogens (tertiary/aromatic N) is 1. The molecular weight excluding hydrogens is 410 g/mol. The van der Waals surface area contributed by atoms with Gasteiger partial charge in [-0.15, -0.1) is 11.3 Å². The van der Waals surface area contributed by atoms with E-state index in [0.717, 1.165) is 61.6 Å². The number of aryl methyl sites for hydroxylation is 1. The molecule has 1 saturated heterocycles. The van der Waals surface area contributed by atoms with Crippen LogP contribution in [0.15, 0.2) is 22.6 Å². The predicted molar refractivity (Wildman–Crippen MR) is 127 cm³/mol. The largest absolute Gasteiger partial charge is 0.458 e. The molecule has 0 bridgehead atoms. The molecule has 1 fully saturated rings. The van der Waals surface area contributed by atoms with Crippen molar-refractivity contribution in [3.8, 4) is 0 Å². The number of allylic oxidation sites excluding steroid dienone is 1. The van der Waals surface area contributed by atoms with E-state index in [2.05, 4.69) is 24.9 Å². The lowest BCUT2D eigenvalue weighted by Crippen LogP contribution is -2.24. The average molecular weight is 450 g/mol. The molecule has 2 unspecified atom stereocenters. The number of thiazole rings is 1. The maximum atomic E-state index is 11.6. The summed E-state index contributed by atoms with van der Waals surface area (Å²) in [4.78, 5) is 16.1. The van der Waals surface area contributed by atoms with Gasteiger partial charge in [0.2, 0.25) is 0 Å². The third-order valence-electron chi connectivity index (χ3n) is 5.48. The Morgan fingerprint density at radius 3 is 2.81 bits per heavy atom.